The number of rotatable bonds is 2. The molecular weight excluding hydrogens is 224 g/mol. The Morgan fingerprint density at radius 3 is 2.22 bits per heavy atom. The molecule has 0 bridgehead atoms. The maximum absolute atomic E-state index is 5.53. The van der Waals surface area contributed by atoms with Crippen molar-refractivity contribution in [1.29, 1.82) is 0 Å². The van der Waals surface area contributed by atoms with Crippen LogP contribution in [0.15, 0.2) is 65.8 Å². The molecule has 1 atom stereocenters. The fraction of sp³-hybridized carbons (Fsp3) is 0.133. The van der Waals surface area contributed by atoms with Crippen molar-refractivity contribution in [2.45, 2.75) is 13.2 Å². The van der Waals surface area contributed by atoms with Gasteiger partial charge in [0, 0.05) is 11.3 Å². The van der Waals surface area contributed by atoms with Crippen LogP contribution in [0.1, 0.15) is 18.7 Å². The molecule has 2 aromatic carbocycles. The van der Waals surface area contributed by atoms with Gasteiger partial charge in [-0.1, -0.05) is 53.7 Å². The quantitative estimate of drug-likeness (QED) is 0.799. The van der Waals surface area contributed by atoms with E-state index in [0.717, 1.165) is 17.1 Å². The molecule has 0 amide bonds. The average Bonchev–Trinajstić information content (AvgIpc) is 2.83. The van der Waals surface area contributed by atoms with E-state index in [1.54, 1.807) is 0 Å². The summed E-state index contributed by atoms with van der Waals surface area (Å²) >= 11 is 0. The van der Waals surface area contributed by atoms with Gasteiger partial charge in [-0.05, 0) is 19.1 Å². The predicted octanol–water partition coefficient (Wildman–Crippen LogP) is 3.56. The highest BCUT2D eigenvalue weighted by molar-refractivity contribution is 5.97. The smallest absolute Gasteiger partial charge is 0.231 e. The van der Waals surface area contributed by atoms with Crippen LogP contribution in [-0.4, -0.2) is 5.84 Å². The molecule has 3 rings (SSSR count). The minimum atomic E-state index is -0.173. The van der Waals surface area contributed by atoms with Crippen LogP contribution in [0.25, 0.3) is 0 Å². The van der Waals surface area contributed by atoms with Gasteiger partial charge in [0.25, 0.3) is 0 Å². The monoisotopic (exact) mass is 238 g/mol. The van der Waals surface area contributed by atoms with Gasteiger partial charge in [0.05, 0.1) is 0 Å². The molecule has 0 N–H and O–H groups in total. The Morgan fingerprint density at radius 1 is 0.944 bits per heavy atom. The predicted molar refractivity (Wildman–Crippen MR) is 72.3 cm³/mol. The van der Waals surface area contributed by atoms with Crippen molar-refractivity contribution in [1.82, 2.24) is 0 Å². The Balaban J connectivity index is 1.98. The van der Waals surface area contributed by atoms with Gasteiger partial charge in [0.2, 0.25) is 6.23 Å². The average molecular weight is 238 g/mol. The first-order valence-corrected chi connectivity index (χ1v) is 5.96. The van der Waals surface area contributed by atoms with E-state index in [2.05, 4.69) is 34.3 Å². The summed E-state index contributed by atoms with van der Waals surface area (Å²) in [4.78, 5) is 7.62. The van der Waals surface area contributed by atoms with Crippen molar-refractivity contribution in [3.8, 4) is 0 Å². The molecule has 0 aliphatic carbocycles. The number of para-hydroxylation sites is 1. The lowest BCUT2D eigenvalue weighted by molar-refractivity contribution is 0.0868. The summed E-state index contributed by atoms with van der Waals surface area (Å²) in [5.41, 5.74) is 2.19. The number of anilines is 1. The summed E-state index contributed by atoms with van der Waals surface area (Å²) in [5, 5.41) is 4.09. The van der Waals surface area contributed by atoms with E-state index >= 15 is 0 Å². The summed E-state index contributed by atoms with van der Waals surface area (Å²) in [6, 6.07) is 20.3. The van der Waals surface area contributed by atoms with Crippen LogP contribution in [0.2, 0.25) is 0 Å². The van der Waals surface area contributed by atoms with Crippen LogP contribution < -0.4 is 4.90 Å². The lowest BCUT2D eigenvalue weighted by atomic mass is 10.1. The number of hydrogen-bond donors (Lipinski definition) is 0. The summed E-state index contributed by atoms with van der Waals surface area (Å²) in [5.74, 6) is 0.870. The molecule has 0 fully saturated rings. The first kappa shape index (κ1) is 10.8. The zero-order valence-corrected chi connectivity index (χ0v) is 10.2. The molecule has 3 heteroatoms. The third-order valence-electron chi connectivity index (χ3n) is 2.99. The minimum Gasteiger partial charge on any atom is -0.363 e. The van der Waals surface area contributed by atoms with Crippen molar-refractivity contribution < 1.29 is 4.84 Å². The highest BCUT2D eigenvalue weighted by Crippen LogP contribution is 2.32. The number of benzene rings is 2. The molecule has 0 aromatic heterocycles. The second kappa shape index (κ2) is 4.53. The lowest BCUT2D eigenvalue weighted by Gasteiger charge is -2.24. The van der Waals surface area contributed by atoms with Gasteiger partial charge < -0.3 is 4.84 Å². The third-order valence-corrected chi connectivity index (χ3v) is 2.99. The Kier molecular flexibility index (Phi) is 2.73. The molecule has 0 spiro atoms. The van der Waals surface area contributed by atoms with E-state index < -0.39 is 0 Å². The zero-order valence-electron chi connectivity index (χ0n) is 10.2. The van der Waals surface area contributed by atoms with Crippen molar-refractivity contribution in [3.05, 3.63) is 66.2 Å². The molecule has 18 heavy (non-hydrogen) atoms. The summed E-state index contributed by atoms with van der Waals surface area (Å²) < 4.78 is 0. The highest BCUT2D eigenvalue weighted by Gasteiger charge is 2.29. The summed E-state index contributed by atoms with van der Waals surface area (Å²) in [6.45, 7) is 1.95. The molecular formula is C15H14N2O. The fourth-order valence-corrected chi connectivity index (χ4v) is 2.13. The number of hydrogen-bond acceptors (Lipinski definition) is 3. The lowest BCUT2D eigenvalue weighted by Crippen LogP contribution is -2.28. The minimum absolute atomic E-state index is 0.173. The Hall–Kier alpha value is -2.29. The van der Waals surface area contributed by atoms with Gasteiger partial charge in [-0.3, -0.25) is 4.90 Å². The third kappa shape index (κ3) is 1.84. The van der Waals surface area contributed by atoms with E-state index in [1.165, 1.54) is 0 Å². The fourth-order valence-electron chi connectivity index (χ4n) is 2.13. The molecule has 1 aliphatic rings. The van der Waals surface area contributed by atoms with Gasteiger partial charge >= 0.3 is 0 Å². The maximum atomic E-state index is 5.53. The van der Waals surface area contributed by atoms with Gasteiger partial charge in [-0.25, -0.2) is 0 Å². The first-order valence-electron chi connectivity index (χ1n) is 5.96. The Bertz CT molecular complexity index is 551. The topological polar surface area (TPSA) is 24.8 Å². The van der Waals surface area contributed by atoms with Crippen LogP contribution >= 0.6 is 0 Å². The van der Waals surface area contributed by atoms with Crippen molar-refractivity contribution in [2.75, 3.05) is 4.90 Å². The van der Waals surface area contributed by atoms with Crippen LogP contribution in [0.3, 0.4) is 0 Å². The Labute approximate surface area is 106 Å². The molecule has 1 aliphatic heterocycles. The van der Waals surface area contributed by atoms with Gasteiger partial charge in [-0.2, -0.15) is 0 Å². The molecule has 2 aromatic rings. The number of amidine groups is 1. The van der Waals surface area contributed by atoms with Crippen LogP contribution in [0.5, 0.6) is 0 Å². The van der Waals surface area contributed by atoms with E-state index in [1.807, 2.05) is 43.3 Å². The van der Waals surface area contributed by atoms with E-state index in [9.17, 15) is 0 Å². The number of oxime groups is 1. The van der Waals surface area contributed by atoms with Crippen molar-refractivity contribution in [3.63, 3.8) is 0 Å². The second-order valence-corrected chi connectivity index (χ2v) is 4.21. The van der Waals surface area contributed by atoms with Crippen LogP contribution in [-0.2, 0) is 4.84 Å². The van der Waals surface area contributed by atoms with Gasteiger partial charge in [0.15, 0.2) is 0 Å². The van der Waals surface area contributed by atoms with Crippen LogP contribution in [0.4, 0.5) is 5.69 Å². The van der Waals surface area contributed by atoms with E-state index in [-0.39, 0.29) is 6.23 Å². The van der Waals surface area contributed by atoms with E-state index in [0.29, 0.717) is 0 Å². The zero-order chi connectivity index (χ0) is 12.4. The maximum Gasteiger partial charge on any atom is 0.231 e. The second-order valence-electron chi connectivity index (χ2n) is 4.21. The van der Waals surface area contributed by atoms with Gasteiger partial charge in [-0.15, -0.1) is 0 Å². The highest BCUT2D eigenvalue weighted by atomic mass is 16.7. The molecule has 0 saturated heterocycles. The molecule has 0 saturated carbocycles. The largest absolute Gasteiger partial charge is 0.363 e. The van der Waals surface area contributed by atoms with Crippen molar-refractivity contribution >= 4 is 11.5 Å². The molecule has 0 radical (unpaired) electrons. The summed E-state index contributed by atoms with van der Waals surface area (Å²) in [6.07, 6.45) is -0.173. The SMILES string of the molecule is CC1=NOC(c2ccccc2)N1c1ccccc1. The number of nitrogens with zero attached hydrogens (tertiary/aromatic N) is 2. The molecule has 1 heterocycles. The normalized spacial score (nSPS) is 18.4. The first-order chi connectivity index (χ1) is 8.86. The van der Waals surface area contributed by atoms with Gasteiger partial charge in [0.1, 0.15) is 5.84 Å². The Morgan fingerprint density at radius 2 is 1.56 bits per heavy atom. The van der Waals surface area contributed by atoms with Crippen LogP contribution in [0, 0.1) is 0 Å². The summed E-state index contributed by atoms with van der Waals surface area (Å²) in [7, 11) is 0. The molecule has 1 unspecified atom stereocenters. The van der Waals surface area contributed by atoms with E-state index in [4.69, 9.17) is 4.84 Å². The molecule has 3 nitrogen and oxygen atoms in total. The van der Waals surface area contributed by atoms with Crippen molar-refractivity contribution in [2.24, 2.45) is 5.16 Å². The standard InChI is InChI=1S/C15H14N2O/c1-12-16-18-15(13-8-4-2-5-9-13)17(12)14-10-6-3-7-11-14/h2-11,15H,1H3. The molecule has 90 valence electrons.